The first kappa shape index (κ1) is 24.4. The molecule has 3 aliphatic rings. The van der Waals surface area contributed by atoms with E-state index in [2.05, 4.69) is 27.1 Å². The molecule has 3 atom stereocenters. The Bertz CT molecular complexity index is 1370. The van der Waals surface area contributed by atoms with E-state index in [9.17, 15) is 9.59 Å². The molecule has 10 nitrogen and oxygen atoms in total. The van der Waals surface area contributed by atoms with Gasteiger partial charge in [-0.1, -0.05) is 24.3 Å². The Morgan fingerprint density at radius 1 is 1.16 bits per heavy atom. The second-order valence-corrected chi connectivity index (χ2v) is 10.3. The summed E-state index contributed by atoms with van der Waals surface area (Å²) < 4.78 is 11.5. The minimum Gasteiger partial charge on any atom is -0.497 e. The normalized spacial score (nSPS) is 22.7. The average molecular weight is 517 g/mol. The second kappa shape index (κ2) is 10.1. The molecule has 3 fully saturated rings. The lowest BCUT2D eigenvalue weighted by Gasteiger charge is -2.33. The highest BCUT2D eigenvalue weighted by Gasteiger charge is 2.43. The third kappa shape index (κ3) is 4.60. The van der Waals surface area contributed by atoms with E-state index < -0.39 is 0 Å². The van der Waals surface area contributed by atoms with Gasteiger partial charge in [0.05, 0.1) is 24.9 Å². The number of piperazine rings is 1. The van der Waals surface area contributed by atoms with Crippen molar-refractivity contribution in [2.24, 2.45) is 0 Å². The molecule has 2 amide bonds. The number of rotatable bonds is 8. The van der Waals surface area contributed by atoms with Gasteiger partial charge in [0.25, 0.3) is 5.91 Å². The zero-order valence-corrected chi connectivity index (χ0v) is 21.7. The molecule has 0 aliphatic carbocycles. The zero-order chi connectivity index (χ0) is 26.2. The van der Waals surface area contributed by atoms with Gasteiger partial charge in [-0.3, -0.25) is 9.59 Å². The van der Waals surface area contributed by atoms with Crippen molar-refractivity contribution in [3.8, 4) is 11.8 Å². The smallest absolute Gasteiger partial charge is 0.319 e. The third-order valence-electron chi connectivity index (χ3n) is 8.03. The molecule has 0 saturated carbocycles. The number of hydrogen-bond acceptors (Lipinski definition) is 8. The fraction of sp³-hybridized carbons (Fsp3) is 0.429. The van der Waals surface area contributed by atoms with Crippen molar-refractivity contribution >= 4 is 34.6 Å². The predicted molar refractivity (Wildman–Crippen MR) is 144 cm³/mol. The van der Waals surface area contributed by atoms with Gasteiger partial charge in [-0.25, -0.2) is 0 Å². The molecule has 2 bridgehead atoms. The largest absolute Gasteiger partial charge is 0.497 e. The summed E-state index contributed by atoms with van der Waals surface area (Å²) in [4.78, 5) is 40.5. The molecule has 2 aromatic carbocycles. The van der Waals surface area contributed by atoms with Crippen LogP contribution >= 0.6 is 0 Å². The summed E-state index contributed by atoms with van der Waals surface area (Å²) in [6.07, 6.45) is 4.01. The van der Waals surface area contributed by atoms with Gasteiger partial charge in [0.1, 0.15) is 23.9 Å². The number of amides is 2. The Morgan fingerprint density at radius 3 is 2.76 bits per heavy atom. The SMILES string of the molecule is COc1cc(NC(=O)c2cc(N3C[C@@H]4C[C@H]3CN4C=O)nc(OC[C@@H]3CCCN3C)n2)c2ccccc2c1. The molecule has 198 valence electrons. The van der Waals surface area contributed by atoms with Crippen LogP contribution in [0, 0.1) is 0 Å². The number of benzene rings is 2. The number of nitrogens with zero attached hydrogens (tertiary/aromatic N) is 5. The number of methoxy groups -OCH3 is 1. The van der Waals surface area contributed by atoms with Crippen LogP contribution in [0.1, 0.15) is 29.8 Å². The van der Waals surface area contributed by atoms with E-state index in [1.54, 1.807) is 13.2 Å². The van der Waals surface area contributed by atoms with Crippen molar-refractivity contribution in [1.29, 1.82) is 0 Å². The predicted octanol–water partition coefficient (Wildman–Crippen LogP) is 2.78. The van der Waals surface area contributed by atoms with E-state index in [0.717, 1.165) is 43.0 Å². The molecule has 0 radical (unpaired) electrons. The molecule has 1 aromatic heterocycles. The highest BCUT2D eigenvalue weighted by Crippen LogP contribution is 2.34. The molecule has 10 heteroatoms. The number of likely N-dealkylation sites (N-methyl/N-ethyl adjacent to an activating group) is 1. The van der Waals surface area contributed by atoms with E-state index in [-0.39, 0.29) is 29.7 Å². The van der Waals surface area contributed by atoms with Crippen molar-refractivity contribution in [2.75, 3.05) is 50.6 Å². The van der Waals surface area contributed by atoms with Gasteiger partial charge < -0.3 is 29.5 Å². The van der Waals surface area contributed by atoms with Gasteiger partial charge in [-0.2, -0.15) is 9.97 Å². The Kier molecular flexibility index (Phi) is 6.49. The number of nitrogens with one attached hydrogen (secondary N) is 1. The van der Waals surface area contributed by atoms with Crippen molar-refractivity contribution < 1.29 is 19.1 Å². The third-order valence-corrected chi connectivity index (χ3v) is 8.03. The minimum absolute atomic E-state index is 0.157. The molecule has 1 N–H and O–H groups in total. The standard InChI is InChI=1S/C28H32N6O4/c1-32-9-5-7-19(32)16-38-28-30-25(13-26(31-28)34-15-20-11-21(34)14-33(20)17-35)27(36)29-24-12-22(37-2)10-18-6-3-4-8-23(18)24/h3-4,6,8,10,12-13,17,19-21H,5,7,9,11,14-16H2,1-2H3,(H,29,36)/t19-,20-,21-/m0/s1. The van der Waals surface area contributed by atoms with Gasteiger partial charge in [0.2, 0.25) is 6.41 Å². The van der Waals surface area contributed by atoms with Crippen LogP contribution in [0.3, 0.4) is 0 Å². The molecular formula is C28H32N6O4. The van der Waals surface area contributed by atoms with Crippen LogP contribution in [0.25, 0.3) is 10.8 Å². The molecule has 3 saturated heterocycles. The monoisotopic (exact) mass is 516 g/mol. The minimum atomic E-state index is -0.353. The van der Waals surface area contributed by atoms with E-state index in [1.807, 2.05) is 41.3 Å². The van der Waals surface area contributed by atoms with Crippen LogP contribution in [-0.2, 0) is 4.79 Å². The lowest BCUT2D eigenvalue weighted by atomic mass is 10.1. The molecular weight excluding hydrogens is 484 g/mol. The number of aromatic nitrogens is 2. The summed E-state index contributed by atoms with van der Waals surface area (Å²) in [6, 6.07) is 14.1. The number of carbonyl (C=O) groups is 2. The van der Waals surface area contributed by atoms with Crippen LogP contribution < -0.4 is 19.7 Å². The molecule has 4 heterocycles. The van der Waals surface area contributed by atoms with Gasteiger partial charge >= 0.3 is 6.01 Å². The quantitative estimate of drug-likeness (QED) is 0.457. The number of hydrogen-bond donors (Lipinski definition) is 1. The summed E-state index contributed by atoms with van der Waals surface area (Å²) in [7, 11) is 3.70. The van der Waals surface area contributed by atoms with Crippen LogP contribution in [-0.4, -0.2) is 90.6 Å². The molecule has 3 aliphatic heterocycles. The van der Waals surface area contributed by atoms with Crippen LogP contribution in [0.15, 0.2) is 42.5 Å². The average Bonchev–Trinajstić information content (AvgIpc) is 3.67. The fourth-order valence-electron chi connectivity index (χ4n) is 5.90. The van der Waals surface area contributed by atoms with E-state index in [4.69, 9.17) is 14.5 Å². The van der Waals surface area contributed by atoms with Crippen LogP contribution in [0.2, 0.25) is 0 Å². The summed E-state index contributed by atoms with van der Waals surface area (Å²) >= 11 is 0. The molecule has 38 heavy (non-hydrogen) atoms. The van der Waals surface area contributed by atoms with Gasteiger partial charge in [-0.15, -0.1) is 0 Å². The Labute approximate surface area is 221 Å². The molecule has 3 aromatic rings. The van der Waals surface area contributed by atoms with Gasteiger partial charge in [0, 0.05) is 36.7 Å². The topological polar surface area (TPSA) is 100 Å². The summed E-state index contributed by atoms with van der Waals surface area (Å²) in [5.74, 6) is 0.946. The van der Waals surface area contributed by atoms with E-state index >= 15 is 0 Å². The maximum atomic E-state index is 13.6. The van der Waals surface area contributed by atoms with Gasteiger partial charge in [0.15, 0.2) is 0 Å². The zero-order valence-electron chi connectivity index (χ0n) is 21.7. The number of ether oxygens (including phenoxy) is 2. The van der Waals surface area contributed by atoms with E-state index in [0.29, 0.717) is 43.0 Å². The highest BCUT2D eigenvalue weighted by molar-refractivity contribution is 6.09. The van der Waals surface area contributed by atoms with Crippen molar-refractivity contribution in [3.63, 3.8) is 0 Å². The van der Waals surface area contributed by atoms with Crippen molar-refractivity contribution in [1.82, 2.24) is 19.8 Å². The number of carbonyl (C=O) groups excluding carboxylic acids is 2. The summed E-state index contributed by atoms with van der Waals surface area (Å²) in [5, 5.41) is 4.90. The molecule has 0 spiro atoms. The first-order valence-corrected chi connectivity index (χ1v) is 13.1. The summed E-state index contributed by atoms with van der Waals surface area (Å²) in [6.45, 7) is 2.83. The first-order chi connectivity index (χ1) is 18.5. The van der Waals surface area contributed by atoms with Crippen LogP contribution in [0.4, 0.5) is 11.5 Å². The molecule has 6 rings (SSSR count). The number of likely N-dealkylation sites (tertiary alicyclic amines) is 2. The Balaban J connectivity index is 1.30. The lowest BCUT2D eigenvalue weighted by molar-refractivity contribution is -0.119. The van der Waals surface area contributed by atoms with Crippen molar-refractivity contribution in [2.45, 2.75) is 37.4 Å². The Hall–Kier alpha value is -3.92. The first-order valence-electron chi connectivity index (χ1n) is 13.1. The lowest BCUT2D eigenvalue weighted by Crippen LogP contribution is -2.46. The second-order valence-electron chi connectivity index (χ2n) is 10.3. The maximum Gasteiger partial charge on any atom is 0.319 e. The highest BCUT2D eigenvalue weighted by atomic mass is 16.5. The Morgan fingerprint density at radius 2 is 2.03 bits per heavy atom. The van der Waals surface area contributed by atoms with Crippen molar-refractivity contribution in [3.05, 3.63) is 48.2 Å². The van der Waals surface area contributed by atoms with Crippen LogP contribution in [0.5, 0.6) is 11.8 Å². The number of anilines is 2. The molecule has 0 unspecified atom stereocenters. The number of fused-ring (bicyclic) bond motifs is 3. The summed E-state index contributed by atoms with van der Waals surface area (Å²) in [5.41, 5.74) is 0.869. The maximum absolute atomic E-state index is 13.6. The van der Waals surface area contributed by atoms with Gasteiger partial charge in [-0.05, 0) is 44.3 Å². The fourth-order valence-corrected chi connectivity index (χ4v) is 5.90. The van der Waals surface area contributed by atoms with E-state index in [1.165, 1.54) is 0 Å².